The smallest absolute Gasteiger partial charge is 0.0555 e. The van der Waals surface area contributed by atoms with Crippen LogP contribution in [0.1, 0.15) is 0 Å². The Morgan fingerprint density at radius 1 is 0.281 bits per heavy atom. The van der Waals surface area contributed by atoms with Crippen molar-refractivity contribution >= 4 is 80.1 Å². The van der Waals surface area contributed by atoms with Gasteiger partial charge in [0.05, 0.1) is 11.4 Å². The zero-order valence-electron chi connectivity index (χ0n) is 31.0. The van der Waals surface area contributed by atoms with Crippen molar-refractivity contribution < 1.29 is 0 Å². The van der Waals surface area contributed by atoms with Crippen molar-refractivity contribution in [2.75, 3.05) is 4.90 Å². The first-order valence-corrected chi connectivity index (χ1v) is 21.0. The van der Waals surface area contributed by atoms with Crippen LogP contribution in [0.2, 0.25) is 0 Å². The molecule has 0 fully saturated rings. The third-order valence-corrected chi connectivity index (χ3v) is 13.4. The molecule has 0 saturated heterocycles. The SMILES string of the molecule is c1ccc(-c2ccccc2-c2ccccc2-c2ccccc2N(c2ccc(-c3ccc4c(c3)sc3ccccc34)cc2)c2cccc3sc4ccccc4c23)cc1. The molecule has 0 aliphatic heterocycles. The van der Waals surface area contributed by atoms with Gasteiger partial charge in [0.15, 0.2) is 0 Å². The van der Waals surface area contributed by atoms with E-state index in [1.54, 1.807) is 0 Å². The minimum atomic E-state index is 1.11. The zero-order valence-corrected chi connectivity index (χ0v) is 32.6. The monoisotopic (exact) mass is 761 g/mol. The molecule has 3 heteroatoms. The second-order valence-electron chi connectivity index (χ2n) is 14.4. The van der Waals surface area contributed by atoms with Crippen LogP contribution in [0.15, 0.2) is 212 Å². The lowest BCUT2D eigenvalue weighted by atomic mass is 9.88. The highest BCUT2D eigenvalue weighted by Crippen LogP contribution is 2.49. The van der Waals surface area contributed by atoms with E-state index < -0.39 is 0 Å². The normalized spacial score (nSPS) is 11.5. The summed E-state index contributed by atoms with van der Waals surface area (Å²) in [5.74, 6) is 0. The molecule has 11 aromatic rings. The Morgan fingerprint density at radius 2 is 0.789 bits per heavy atom. The van der Waals surface area contributed by atoms with Gasteiger partial charge in [-0.1, -0.05) is 164 Å². The van der Waals surface area contributed by atoms with E-state index in [0.29, 0.717) is 0 Å². The average Bonchev–Trinajstić information content (AvgIpc) is 3.86. The van der Waals surface area contributed by atoms with Crippen molar-refractivity contribution in [2.45, 2.75) is 0 Å². The predicted octanol–water partition coefficient (Wildman–Crippen LogP) is 16.6. The fourth-order valence-electron chi connectivity index (χ4n) is 8.50. The zero-order chi connectivity index (χ0) is 37.7. The van der Waals surface area contributed by atoms with Crippen LogP contribution in [-0.4, -0.2) is 0 Å². The van der Waals surface area contributed by atoms with Crippen molar-refractivity contribution in [1.29, 1.82) is 0 Å². The first-order chi connectivity index (χ1) is 28.3. The maximum Gasteiger partial charge on any atom is 0.0555 e. The molecule has 0 aliphatic rings. The number of thiophene rings is 2. The number of benzene rings is 9. The van der Waals surface area contributed by atoms with E-state index in [0.717, 1.165) is 11.4 Å². The van der Waals surface area contributed by atoms with E-state index in [-0.39, 0.29) is 0 Å². The molecule has 11 rings (SSSR count). The summed E-state index contributed by atoms with van der Waals surface area (Å²) in [6, 6.07) is 77.7. The highest BCUT2D eigenvalue weighted by atomic mass is 32.1. The van der Waals surface area contributed by atoms with Crippen LogP contribution < -0.4 is 4.90 Å². The van der Waals surface area contributed by atoms with Crippen LogP contribution in [0.3, 0.4) is 0 Å². The summed E-state index contributed by atoms with van der Waals surface area (Å²) in [4.78, 5) is 2.48. The molecule has 1 nitrogen and oxygen atoms in total. The average molecular weight is 762 g/mol. The van der Waals surface area contributed by atoms with Crippen LogP contribution in [0.5, 0.6) is 0 Å². The first kappa shape index (κ1) is 33.5. The Kier molecular flexibility index (Phi) is 8.28. The molecule has 0 aliphatic carbocycles. The molecule has 0 unspecified atom stereocenters. The van der Waals surface area contributed by atoms with Crippen LogP contribution >= 0.6 is 22.7 Å². The van der Waals surface area contributed by atoms with E-state index in [9.17, 15) is 0 Å². The Hall–Kier alpha value is -6.78. The standard InChI is InChI=1S/C54H35NS2/c1-2-15-37(16-3-1)40-17-4-5-18-41(40)42-19-6-7-20-43(42)44-21-8-11-24-48(44)55(49-25-14-28-52-54(49)47-23-10-13-27-51(47)56-52)39-32-29-36(30-33-39)38-31-34-46-45-22-9-12-26-50(45)57-53(46)35-38/h1-35H. The van der Waals surface area contributed by atoms with Gasteiger partial charge in [0.1, 0.15) is 0 Å². The van der Waals surface area contributed by atoms with Gasteiger partial charge < -0.3 is 4.90 Å². The van der Waals surface area contributed by atoms with Crippen molar-refractivity contribution in [2.24, 2.45) is 0 Å². The molecule has 0 radical (unpaired) electrons. The Labute approximate surface area is 340 Å². The highest BCUT2D eigenvalue weighted by molar-refractivity contribution is 7.26. The van der Waals surface area contributed by atoms with Gasteiger partial charge in [0.2, 0.25) is 0 Å². The van der Waals surface area contributed by atoms with Gasteiger partial charge in [0, 0.05) is 51.6 Å². The number of fused-ring (bicyclic) bond motifs is 6. The molecule has 0 saturated carbocycles. The summed E-state index contributed by atoms with van der Waals surface area (Å²) in [6.07, 6.45) is 0. The number of rotatable bonds is 7. The maximum absolute atomic E-state index is 2.48. The van der Waals surface area contributed by atoms with Gasteiger partial charge in [-0.15, -0.1) is 22.7 Å². The molecule has 2 aromatic heterocycles. The lowest BCUT2D eigenvalue weighted by molar-refractivity contribution is 1.30. The Morgan fingerprint density at radius 3 is 1.56 bits per heavy atom. The summed E-state index contributed by atoms with van der Waals surface area (Å²) < 4.78 is 5.22. The Balaban J connectivity index is 1.10. The van der Waals surface area contributed by atoms with Crippen molar-refractivity contribution in [3.8, 4) is 44.5 Å². The number of para-hydroxylation sites is 1. The second kappa shape index (κ2) is 14.1. The largest absolute Gasteiger partial charge is 0.309 e. The van der Waals surface area contributed by atoms with Gasteiger partial charge in [-0.25, -0.2) is 0 Å². The minimum absolute atomic E-state index is 1.11. The Bertz CT molecular complexity index is 3240. The van der Waals surface area contributed by atoms with E-state index in [1.165, 1.54) is 90.5 Å². The summed E-state index contributed by atoms with van der Waals surface area (Å²) >= 11 is 3.73. The van der Waals surface area contributed by atoms with Gasteiger partial charge >= 0.3 is 0 Å². The molecule has 9 aromatic carbocycles. The molecule has 2 heterocycles. The minimum Gasteiger partial charge on any atom is -0.309 e. The molecule has 0 atom stereocenters. The number of hydrogen-bond acceptors (Lipinski definition) is 3. The molecular weight excluding hydrogens is 727 g/mol. The van der Waals surface area contributed by atoms with Gasteiger partial charge in [-0.05, 0) is 87.5 Å². The third kappa shape index (κ3) is 5.83. The van der Waals surface area contributed by atoms with Crippen molar-refractivity contribution in [3.63, 3.8) is 0 Å². The highest BCUT2D eigenvalue weighted by Gasteiger charge is 2.23. The quantitative estimate of drug-likeness (QED) is 0.156. The fourth-order valence-corrected chi connectivity index (χ4v) is 10.8. The van der Waals surface area contributed by atoms with Crippen LogP contribution in [0, 0.1) is 0 Å². The summed E-state index contributed by atoms with van der Waals surface area (Å²) in [5, 5.41) is 5.20. The van der Waals surface area contributed by atoms with E-state index in [4.69, 9.17) is 0 Å². The van der Waals surface area contributed by atoms with Gasteiger partial charge in [-0.3, -0.25) is 0 Å². The van der Waals surface area contributed by atoms with Crippen molar-refractivity contribution in [1.82, 2.24) is 0 Å². The maximum atomic E-state index is 2.48. The fraction of sp³-hybridized carbons (Fsp3) is 0. The van der Waals surface area contributed by atoms with E-state index in [1.807, 2.05) is 22.7 Å². The lowest BCUT2D eigenvalue weighted by Gasteiger charge is -2.29. The van der Waals surface area contributed by atoms with Crippen molar-refractivity contribution in [3.05, 3.63) is 212 Å². The predicted molar refractivity (Wildman–Crippen MR) is 249 cm³/mol. The second-order valence-corrected chi connectivity index (χ2v) is 16.6. The summed E-state index contributed by atoms with van der Waals surface area (Å²) in [6.45, 7) is 0. The number of anilines is 3. The van der Waals surface area contributed by atoms with E-state index in [2.05, 4.69) is 217 Å². The summed E-state index contributed by atoms with van der Waals surface area (Å²) in [5.41, 5.74) is 13.0. The number of nitrogens with zero attached hydrogens (tertiary/aromatic N) is 1. The first-order valence-electron chi connectivity index (χ1n) is 19.3. The molecule has 57 heavy (non-hydrogen) atoms. The molecule has 0 bridgehead atoms. The topological polar surface area (TPSA) is 3.24 Å². The third-order valence-electron chi connectivity index (χ3n) is 11.1. The van der Waals surface area contributed by atoms with Crippen LogP contribution in [0.25, 0.3) is 84.9 Å². The van der Waals surface area contributed by atoms with Crippen LogP contribution in [-0.2, 0) is 0 Å². The molecule has 0 spiro atoms. The lowest BCUT2D eigenvalue weighted by Crippen LogP contribution is -2.11. The van der Waals surface area contributed by atoms with Crippen LogP contribution in [0.4, 0.5) is 17.1 Å². The number of hydrogen-bond donors (Lipinski definition) is 0. The summed E-state index contributed by atoms with van der Waals surface area (Å²) in [7, 11) is 0. The molecule has 0 N–H and O–H groups in total. The van der Waals surface area contributed by atoms with Gasteiger partial charge in [-0.2, -0.15) is 0 Å². The molecular formula is C54H35NS2. The van der Waals surface area contributed by atoms with E-state index >= 15 is 0 Å². The molecule has 268 valence electrons. The molecule has 0 amide bonds. The van der Waals surface area contributed by atoms with Gasteiger partial charge in [0.25, 0.3) is 0 Å².